The fourth-order valence-electron chi connectivity index (χ4n) is 2.01. The predicted molar refractivity (Wildman–Crippen MR) is 64.3 cm³/mol. The smallest absolute Gasteiger partial charge is 0.358 e. The summed E-state index contributed by atoms with van der Waals surface area (Å²) in [7, 11) is 0. The molecule has 6 heteroatoms. The zero-order chi connectivity index (χ0) is 13.1. The molecular weight excluding hydrogens is 234 g/mol. The normalized spacial score (nSPS) is 16.8. The Hall–Kier alpha value is -1.43. The molecule has 1 atom stereocenters. The van der Waals surface area contributed by atoms with E-state index >= 15 is 0 Å². The van der Waals surface area contributed by atoms with Crippen molar-refractivity contribution in [2.75, 3.05) is 0 Å². The van der Waals surface area contributed by atoms with Gasteiger partial charge >= 0.3 is 5.97 Å². The monoisotopic (exact) mass is 253 g/mol. The van der Waals surface area contributed by atoms with Gasteiger partial charge in [0, 0.05) is 6.54 Å². The van der Waals surface area contributed by atoms with E-state index in [1.54, 1.807) is 11.6 Å². The van der Waals surface area contributed by atoms with Gasteiger partial charge in [-0.1, -0.05) is 5.21 Å². The molecule has 1 aliphatic carbocycles. The summed E-state index contributed by atoms with van der Waals surface area (Å²) >= 11 is 0. The summed E-state index contributed by atoms with van der Waals surface area (Å²) in [5.41, 5.74) is 0.814. The maximum Gasteiger partial charge on any atom is 0.358 e. The Balaban J connectivity index is 2.05. The number of aryl methyl sites for hydroxylation is 1. The second-order valence-electron chi connectivity index (χ2n) is 5.05. The van der Waals surface area contributed by atoms with Crippen LogP contribution in [0.3, 0.4) is 0 Å². The molecule has 0 spiro atoms. The standard InChI is InChI=1S/C12H19N3O3/c1-8(16)3-2-6-15-10(7-9-4-5-9)11(12(17)18)13-14-15/h8-9,16H,2-7H2,1H3,(H,17,18). The van der Waals surface area contributed by atoms with E-state index in [9.17, 15) is 9.90 Å². The first-order valence-electron chi connectivity index (χ1n) is 6.41. The Labute approximate surface area is 106 Å². The Morgan fingerprint density at radius 3 is 2.83 bits per heavy atom. The van der Waals surface area contributed by atoms with Crippen LogP contribution in [0, 0.1) is 5.92 Å². The number of hydrogen-bond donors (Lipinski definition) is 2. The van der Waals surface area contributed by atoms with Crippen LogP contribution in [0.5, 0.6) is 0 Å². The molecule has 6 nitrogen and oxygen atoms in total. The number of aromatic carboxylic acids is 1. The van der Waals surface area contributed by atoms with Crippen molar-refractivity contribution in [3.63, 3.8) is 0 Å². The van der Waals surface area contributed by atoms with Crippen molar-refractivity contribution in [1.82, 2.24) is 15.0 Å². The summed E-state index contributed by atoms with van der Waals surface area (Å²) in [6.07, 6.45) is 4.21. The zero-order valence-electron chi connectivity index (χ0n) is 10.5. The quantitative estimate of drug-likeness (QED) is 0.759. The number of rotatable bonds is 7. The molecule has 18 heavy (non-hydrogen) atoms. The van der Waals surface area contributed by atoms with Crippen molar-refractivity contribution in [3.8, 4) is 0 Å². The summed E-state index contributed by atoms with van der Waals surface area (Å²) in [6, 6.07) is 0. The number of carboxylic acid groups (broad SMARTS) is 1. The number of nitrogens with zero attached hydrogens (tertiary/aromatic N) is 3. The van der Waals surface area contributed by atoms with Crippen LogP contribution >= 0.6 is 0 Å². The number of hydrogen-bond acceptors (Lipinski definition) is 4. The summed E-state index contributed by atoms with van der Waals surface area (Å²) < 4.78 is 1.68. The molecule has 0 radical (unpaired) electrons. The van der Waals surface area contributed by atoms with Crippen LogP contribution in [-0.2, 0) is 13.0 Å². The highest BCUT2D eigenvalue weighted by atomic mass is 16.4. The molecule has 0 bridgehead atoms. The minimum atomic E-state index is -1.01. The van der Waals surface area contributed by atoms with E-state index in [4.69, 9.17) is 5.11 Å². The lowest BCUT2D eigenvalue weighted by Gasteiger charge is -2.07. The van der Waals surface area contributed by atoms with Gasteiger partial charge in [0.2, 0.25) is 0 Å². The number of carboxylic acids is 1. The molecule has 1 saturated carbocycles. The van der Waals surface area contributed by atoms with E-state index in [0.717, 1.165) is 31.4 Å². The van der Waals surface area contributed by atoms with Crippen LogP contribution in [0.25, 0.3) is 0 Å². The first kappa shape index (κ1) is 13.0. The van der Waals surface area contributed by atoms with Gasteiger partial charge in [-0.2, -0.15) is 0 Å². The van der Waals surface area contributed by atoms with E-state index in [2.05, 4.69) is 10.3 Å². The summed E-state index contributed by atoms with van der Waals surface area (Å²) in [5, 5.41) is 25.9. The molecule has 100 valence electrons. The lowest BCUT2D eigenvalue weighted by atomic mass is 10.1. The summed E-state index contributed by atoms with van der Waals surface area (Å²) in [6.45, 7) is 2.36. The number of aromatic nitrogens is 3. The molecule has 1 aromatic rings. The van der Waals surface area contributed by atoms with Crippen molar-refractivity contribution in [1.29, 1.82) is 0 Å². The fourth-order valence-corrected chi connectivity index (χ4v) is 2.01. The van der Waals surface area contributed by atoms with Gasteiger partial charge in [0.05, 0.1) is 11.8 Å². The first-order valence-corrected chi connectivity index (χ1v) is 6.41. The molecule has 1 aromatic heterocycles. The van der Waals surface area contributed by atoms with Crippen LogP contribution in [-0.4, -0.2) is 37.3 Å². The highest BCUT2D eigenvalue weighted by molar-refractivity contribution is 5.86. The molecule has 2 N–H and O–H groups in total. The largest absolute Gasteiger partial charge is 0.476 e. The average molecular weight is 253 g/mol. The molecule has 0 aromatic carbocycles. The Bertz CT molecular complexity index is 424. The topological polar surface area (TPSA) is 88.2 Å². The van der Waals surface area contributed by atoms with E-state index in [1.807, 2.05) is 0 Å². The summed E-state index contributed by atoms with van der Waals surface area (Å²) in [4.78, 5) is 11.1. The minimum absolute atomic E-state index is 0.0824. The van der Waals surface area contributed by atoms with E-state index in [0.29, 0.717) is 18.9 Å². The molecule has 2 rings (SSSR count). The van der Waals surface area contributed by atoms with Crippen LogP contribution in [0.4, 0.5) is 0 Å². The molecule has 1 aliphatic rings. The SMILES string of the molecule is CC(O)CCCn1nnc(C(=O)O)c1CC1CC1. The highest BCUT2D eigenvalue weighted by Gasteiger charge is 2.27. The van der Waals surface area contributed by atoms with Crippen molar-refractivity contribution in [2.24, 2.45) is 5.92 Å². The van der Waals surface area contributed by atoms with Crippen molar-refractivity contribution in [3.05, 3.63) is 11.4 Å². The van der Waals surface area contributed by atoms with Gasteiger partial charge in [-0.15, -0.1) is 5.10 Å². The van der Waals surface area contributed by atoms with Gasteiger partial charge in [0.25, 0.3) is 0 Å². The zero-order valence-corrected chi connectivity index (χ0v) is 10.5. The molecule has 1 unspecified atom stereocenters. The Morgan fingerprint density at radius 1 is 1.56 bits per heavy atom. The van der Waals surface area contributed by atoms with Crippen LogP contribution in [0.2, 0.25) is 0 Å². The van der Waals surface area contributed by atoms with Gasteiger partial charge < -0.3 is 10.2 Å². The predicted octanol–water partition coefficient (Wildman–Crippen LogP) is 1.09. The third kappa shape index (κ3) is 3.29. The Kier molecular flexibility index (Phi) is 3.96. The molecular formula is C12H19N3O3. The lowest BCUT2D eigenvalue weighted by Crippen LogP contribution is -2.11. The first-order chi connectivity index (χ1) is 8.58. The number of aliphatic hydroxyl groups is 1. The van der Waals surface area contributed by atoms with Crippen LogP contribution < -0.4 is 0 Å². The van der Waals surface area contributed by atoms with Gasteiger partial charge in [0.15, 0.2) is 5.69 Å². The van der Waals surface area contributed by atoms with Gasteiger partial charge in [0.1, 0.15) is 0 Å². The molecule has 1 heterocycles. The fraction of sp³-hybridized carbons (Fsp3) is 0.750. The third-order valence-corrected chi connectivity index (χ3v) is 3.21. The van der Waals surface area contributed by atoms with E-state index in [1.165, 1.54) is 0 Å². The van der Waals surface area contributed by atoms with Crippen LogP contribution in [0.15, 0.2) is 0 Å². The maximum absolute atomic E-state index is 11.1. The molecule has 0 amide bonds. The highest BCUT2D eigenvalue weighted by Crippen LogP contribution is 2.33. The third-order valence-electron chi connectivity index (χ3n) is 3.21. The number of aliphatic hydroxyl groups excluding tert-OH is 1. The second kappa shape index (κ2) is 5.48. The van der Waals surface area contributed by atoms with Crippen molar-refractivity contribution in [2.45, 2.75) is 51.7 Å². The average Bonchev–Trinajstić information content (AvgIpc) is 3.00. The van der Waals surface area contributed by atoms with Crippen molar-refractivity contribution < 1.29 is 15.0 Å². The van der Waals surface area contributed by atoms with Gasteiger partial charge in [-0.25, -0.2) is 9.48 Å². The maximum atomic E-state index is 11.1. The van der Waals surface area contributed by atoms with Crippen molar-refractivity contribution >= 4 is 5.97 Å². The summed E-state index contributed by atoms with van der Waals surface area (Å²) in [5.74, 6) is -0.412. The van der Waals surface area contributed by atoms with Gasteiger partial charge in [-0.05, 0) is 44.9 Å². The molecule has 1 fully saturated rings. The second-order valence-corrected chi connectivity index (χ2v) is 5.05. The van der Waals surface area contributed by atoms with E-state index in [-0.39, 0.29) is 11.8 Å². The van der Waals surface area contributed by atoms with Gasteiger partial charge in [-0.3, -0.25) is 0 Å². The molecule has 0 aliphatic heterocycles. The minimum Gasteiger partial charge on any atom is -0.476 e. The number of carbonyl (C=O) groups is 1. The van der Waals surface area contributed by atoms with E-state index < -0.39 is 5.97 Å². The molecule has 0 saturated heterocycles. The lowest BCUT2D eigenvalue weighted by molar-refractivity contribution is 0.0689. The van der Waals surface area contributed by atoms with Crippen LogP contribution in [0.1, 0.15) is 48.8 Å². The Morgan fingerprint density at radius 2 is 2.28 bits per heavy atom.